The molecule has 0 amide bonds. The third-order valence-corrected chi connectivity index (χ3v) is 3.12. The largest absolute Gasteiger partial charge is 0.331 e. The second-order valence-electron chi connectivity index (χ2n) is 3.67. The van der Waals surface area contributed by atoms with Gasteiger partial charge in [0.25, 0.3) is 5.56 Å². The molecular formula is C12H14N2OS. The molecule has 4 heteroatoms. The molecule has 0 aliphatic carbocycles. The van der Waals surface area contributed by atoms with Crippen LogP contribution < -0.4 is 5.56 Å². The molecule has 1 heterocycles. The summed E-state index contributed by atoms with van der Waals surface area (Å²) < 4.78 is 2.08. The summed E-state index contributed by atoms with van der Waals surface area (Å²) in [6, 6.07) is 5.77. The Balaban J connectivity index is 2.98. The van der Waals surface area contributed by atoms with Crippen LogP contribution in [0.15, 0.2) is 23.0 Å². The summed E-state index contributed by atoms with van der Waals surface area (Å²) in [6.45, 7) is 4.58. The monoisotopic (exact) mass is 234 g/mol. The maximum Gasteiger partial charge on any atom is 0.262 e. The van der Waals surface area contributed by atoms with Crippen LogP contribution in [0.25, 0.3) is 10.9 Å². The minimum atomic E-state index is -0.00319. The lowest BCUT2D eigenvalue weighted by Crippen LogP contribution is -2.21. The SMILES string of the molecule is CCc1cccc2c(=O)n(CC)c(=S)[nH]c12. The fourth-order valence-corrected chi connectivity index (χ4v) is 2.23. The van der Waals surface area contributed by atoms with Crippen molar-refractivity contribution >= 4 is 23.1 Å². The molecule has 0 fully saturated rings. The van der Waals surface area contributed by atoms with Crippen molar-refractivity contribution in [1.29, 1.82) is 0 Å². The van der Waals surface area contributed by atoms with Crippen molar-refractivity contribution in [1.82, 2.24) is 9.55 Å². The molecule has 0 spiro atoms. The lowest BCUT2D eigenvalue weighted by molar-refractivity contribution is 0.704. The molecule has 1 aromatic carbocycles. The number of nitrogens with zero attached hydrogens (tertiary/aromatic N) is 1. The van der Waals surface area contributed by atoms with Gasteiger partial charge in [0.05, 0.1) is 10.9 Å². The van der Waals surface area contributed by atoms with Gasteiger partial charge in [-0.15, -0.1) is 0 Å². The number of hydrogen-bond acceptors (Lipinski definition) is 2. The maximum absolute atomic E-state index is 12.1. The molecule has 0 bridgehead atoms. The van der Waals surface area contributed by atoms with Gasteiger partial charge < -0.3 is 4.98 Å². The standard InChI is InChI=1S/C12H14N2OS/c1-3-8-6-5-7-9-10(8)13-12(16)14(4-2)11(9)15/h5-7H,3-4H2,1-2H3,(H,13,16). The van der Waals surface area contributed by atoms with E-state index in [1.807, 2.05) is 25.1 Å². The molecule has 0 saturated carbocycles. The van der Waals surface area contributed by atoms with Crippen molar-refractivity contribution in [2.24, 2.45) is 0 Å². The maximum atomic E-state index is 12.1. The van der Waals surface area contributed by atoms with Crippen LogP contribution in [-0.4, -0.2) is 9.55 Å². The van der Waals surface area contributed by atoms with Gasteiger partial charge in [-0.1, -0.05) is 19.1 Å². The average Bonchev–Trinajstić information content (AvgIpc) is 2.29. The number of aryl methyl sites for hydroxylation is 1. The number of para-hydroxylation sites is 1. The predicted molar refractivity (Wildman–Crippen MR) is 68.4 cm³/mol. The first kappa shape index (κ1) is 11.1. The molecule has 0 atom stereocenters. The first-order chi connectivity index (χ1) is 7.69. The second kappa shape index (κ2) is 4.22. The van der Waals surface area contributed by atoms with Crippen molar-refractivity contribution < 1.29 is 0 Å². The summed E-state index contributed by atoms with van der Waals surface area (Å²) in [5.74, 6) is 0. The summed E-state index contributed by atoms with van der Waals surface area (Å²) >= 11 is 5.18. The van der Waals surface area contributed by atoms with Crippen molar-refractivity contribution in [3.05, 3.63) is 38.9 Å². The van der Waals surface area contributed by atoms with E-state index in [-0.39, 0.29) is 5.56 Å². The van der Waals surface area contributed by atoms with Gasteiger partial charge >= 0.3 is 0 Å². The molecule has 0 aliphatic heterocycles. The van der Waals surface area contributed by atoms with Crippen molar-refractivity contribution in [2.45, 2.75) is 26.8 Å². The van der Waals surface area contributed by atoms with E-state index < -0.39 is 0 Å². The Morgan fingerprint density at radius 1 is 1.38 bits per heavy atom. The zero-order valence-corrected chi connectivity index (χ0v) is 10.2. The second-order valence-corrected chi connectivity index (χ2v) is 4.06. The Morgan fingerprint density at radius 3 is 2.75 bits per heavy atom. The molecule has 2 rings (SSSR count). The number of H-pyrrole nitrogens is 1. The van der Waals surface area contributed by atoms with Gasteiger partial charge in [0.1, 0.15) is 0 Å². The highest BCUT2D eigenvalue weighted by Crippen LogP contribution is 2.13. The van der Waals surface area contributed by atoms with Crippen LogP contribution >= 0.6 is 12.2 Å². The van der Waals surface area contributed by atoms with E-state index >= 15 is 0 Å². The number of benzene rings is 1. The molecule has 1 aromatic heterocycles. The van der Waals surface area contributed by atoms with Gasteiger partial charge in [-0.3, -0.25) is 9.36 Å². The lowest BCUT2D eigenvalue weighted by Gasteiger charge is -2.07. The van der Waals surface area contributed by atoms with Crippen LogP contribution in [0.1, 0.15) is 19.4 Å². The minimum absolute atomic E-state index is 0.00319. The van der Waals surface area contributed by atoms with E-state index in [0.29, 0.717) is 11.3 Å². The van der Waals surface area contributed by atoms with E-state index in [1.54, 1.807) is 4.57 Å². The number of nitrogens with one attached hydrogen (secondary N) is 1. The van der Waals surface area contributed by atoms with Crippen LogP contribution in [-0.2, 0) is 13.0 Å². The smallest absolute Gasteiger partial charge is 0.262 e. The summed E-state index contributed by atoms with van der Waals surface area (Å²) in [7, 11) is 0. The summed E-state index contributed by atoms with van der Waals surface area (Å²) in [4.78, 5) is 15.3. The fraction of sp³-hybridized carbons (Fsp3) is 0.333. The number of aromatic nitrogens is 2. The third-order valence-electron chi connectivity index (χ3n) is 2.80. The molecule has 2 aromatic rings. The Kier molecular flexibility index (Phi) is 2.92. The quantitative estimate of drug-likeness (QED) is 0.811. The van der Waals surface area contributed by atoms with Gasteiger partial charge in [-0.25, -0.2) is 0 Å². The van der Waals surface area contributed by atoms with Gasteiger partial charge in [-0.05, 0) is 37.2 Å². The highest BCUT2D eigenvalue weighted by molar-refractivity contribution is 7.71. The number of aromatic amines is 1. The van der Waals surface area contributed by atoms with E-state index in [9.17, 15) is 4.79 Å². The number of fused-ring (bicyclic) bond motifs is 1. The normalized spacial score (nSPS) is 10.9. The average molecular weight is 234 g/mol. The number of rotatable bonds is 2. The lowest BCUT2D eigenvalue weighted by atomic mass is 10.1. The Hall–Kier alpha value is -1.42. The summed E-state index contributed by atoms with van der Waals surface area (Å²) in [5, 5.41) is 0.717. The molecular weight excluding hydrogens is 220 g/mol. The highest BCUT2D eigenvalue weighted by Gasteiger charge is 2.06. The molecule has 16 heavy (non-hydrogen) atoms. The molecule has 0 radical (unpaired) electrons. The molecule has 3 nitrogen and oxygen atoms in total. The Morgan fingerprint density at radius 2 is 2.12 bits per heavy atom. The first-order valence-corrected chi connectivity index (χ1v) is 5.84. The van der Waals surface area contributed by atoms with Crippen LogP contribution in [0.3, 0.4) is 0 Å². The van der Waals surface area contributed by atoms with Crippen LogP contribution in [0.2, 0.25) is 0 Å². The van der Waals surface area contributed by atoms with E-state index in [0.717, 1.165) is 22.9 Å². The summed E-state index contributed by atoms with van der Waals surface area (Å²) in [6.07, 6.45) is 0.887. The molecule has 0 unspecified atom stereocenters. The van der Waals surface area contributed by atoms with Crippen LogP contribution in [0, 0.1) is 4.77 Å². The molecule has 0 saturated heterocycles. The highest BCUT2D eigenvalue weighted by atomic mass is 32.1. The first-order valence-electron chi connectivity index (χ1n) is 5.43. The van der Waals surface area contributed by atoms with E-state index in [2.05, 4.69) is 11.9 Å². The van der Waals surface area contributed by atoms with E-state index in [4.69, 9.17) is 12.2 Å². The summed E-state index contributed by atoms with van der Waals surface area (Å²) in [5.41, 5.74) is 2.00. The van der Waals surface area contributed by atoms with E-state index in [1.165, 1.54) is 0 Å². The molecule has 0 aliphatic rings. The topological polar surface area (TPSA) is 37.8 Å². The zero-order chi connectivity index (χ0) is 11.7. The van der Waals surface area contributed by atoms with Crippen LogP contribution in [0.4, 0.5) is 0 Å². The van der Waals surface area contributed by atoms with Gasteiger partial charge in [-0.2, -0.15) is 0 Å². The van der Waals surface area contributed by atoms with Gasteiger partial charge in [0, 0.05) is 6.54 Å². The zero-order valence-electron chi connectivity index (χ0n) is 9.41. The number of hydrogen-bond donors (Lipinski definition) is 1. The van der Waals surface area contributed by atoms with Crippen molar-refractivity contribution in [3.63, 3.8) is 0 Å². The van der Waals surface area contributed by atoms with Crippen molar-refractivity contribution in [2.75, 3.05) is 0 Å². The molecule has 1 N–H and O–H groups in total. The van der Waals surface area contributed by atoms with Gasteiger partial charge in [0.2, 0.25) is 0 Å². The van der Waals surface area contributed by atoms with Gasteiger partial charge in [0.15, 0.2) is 4.77 Å². The Bertz CT molecular complexity index is 639. The van der Waals surface area contributed by atoms with Crippen LogP contribution in [0.5, 0.6) is 0 Å². The predicted octanol–water partition coefficient (Wildman–Crippen LogP) is 2.64. The minimum Gasteiger partial charge on any atom is -0.331 e. The Labute approximate surface area is 98.7 Å². The molecule has 84 valence electrons. The fourth-order valence-electron chi connectivity index (χ4n) is 1.92. The third kappa shape index (κ3) is 1.59. The van der Waals surface area contributed by atoms with Crippen molar-refractivity contribution in [3.8, 4) is 0 Å².